The summed E-state index contributed by atoms with van der Waals surface area (Å²) in [6.07, 6.45) is -0.409. The normalized spacial score (nSPS) is 11.3. The van der Waals surface area contributed by atoms with Gasteiger partial charge in [-0.25, -0.2) is 9.59 Å². The van der Waals surface area contributed by atoms with Crippen LogP contribution in [0.1, 0.15) is 16.7 Å². The molecule has 0 aliphatic carbocycles. The third kappa shape index (κ3) is 7.19. The van der Waals surface area contributed by atoms with Gasteiger partial charge in [0.25, 0.3) is 0 Å². The molecular formula is C25H25NO5. The van der Waals surface area contributed by atoms with E-state index >= 15 is 0 Å². The van der Waals surface area contributed by atoms with Crippen molar-refractivity contribution in [2.24, 2.45) is 0 Å². The third-order valence-electron chi connectivity index (χ3n) is 4.60. The minimum absolute atomic E-state index is 0.119. The average Bonchev–Trinajstić information content (AvgIpc) is 2.82. The lowest BCUT2D eigenvalue weighted by atomic mass is 10.1. The zero-order valence-corrected chi connectivity index (χ0v) is 17.3. The monoisotopic (exact) mass is 419 g/mol. The van der Waals surface area contributed by atoms with Gasteiger partial charge in [-0.1, -0.05) is 72.8 Å². The highest BCUT2D eigenvalue weighted by atomic mass is 16.6. The van der Waals surface area contributed by atoms with E-state index in [-0.39, 0.29) is 13.0 Å². The van der Waals surface area contributed by atoms with E-state index in [9.17, 15) is 9.59 Å². The van der Waals surface area contributed by atoms with Gasteiger partial charge in [-0.05, 0) is 28.8 Å². The Morgan fingerprint density at radius 3 is 1.94 bits per heavy atom. The Hall–Kier alpha value is -3.80. The van der Waals surface area contributed by atoms with E-state index in [1.165, 1.54) is 7.11 Å². The summed E-state index contributed by atoms with van der Waals surface area (Å²) in [6, 6.07) is 25.7. The van der Waals surface area contributed by atoms with E-state index in [1.807, 2.05) is 84.9 Å². The van der Waals surface area contributed by atoms with E-state index in [0.29, 0.717) is 6.61 Å². The highest BCUT2D eigenvalue weighted by molar-refractivity contribution is 5.81. The van der Waals surface area contributed by atoms with Gasteiger partial charge in [0, 0.05) is 6.42 Å². The SMILES string of the molecule is COC(=O)[C@H](Cc1ccc(OCc2ccccc2)cc1)NC(=O)OCc1ccccc1. The maximum absolute atomic E-state index is 12.2. The predicted molar refractivity (Wildman–Crippen MR) is 116 cm³/mol. The molecule has 0 aromatic heterocycles. The predicted octanol–water partition coefficient (Wildman–Crippen LogP) is 4.28. The van der Waals surface area contributed by atoms with Crippen LogP contribution in [-0.4, -0.2) is 25.2 Å². The largest absolute Gasteiger partial charge is 0.489 e. The molecule has 0 saturated heterocycles. The first-order chi connectivity index (χ1) is 15.1. The standard InChI is InChI=1S/C25H25NO5/c1-29-24(27)23(26-25(28)31-18-21-10-6-3-7-11-21)16-19-12-14-22(15-13-19)30-17-20-8-4-2-5-9-20/h2-15,23H,16-18H2,1H3,(H,26,28)/t23-/m0/s1. The fraction of sp³-hybridized carbons (Fsp3) is 0.200. The second-order valence-corrected chi connectivity index (χ2v) is 6.90. The zero-order valence-electron chi connectivity index (χ0n) is 17.3. The van der Waals surface area contributed by atoms with Crippen molar-refractivity contribution < 1.29 is 23.8 Å². The molecule has 1 amide bonds. The fourth-order valence-corrected chi connectivity index (χ4v) is 2.94. The molecule has 6 heteroatoms. The summed E-state index contributed by atoms with van der Waals surface area (Å²) in [5.74, 6) is 0.179. The molecule has 160 valence electrons. The zero-order chi connectivity index (χ0) is 21.9. The molecule has 0 radical (unpaired) electrons. The molecule has 0 saturated carbocycles. The highest BCUT2D eigenvalue weighted by Crippen LogP contribution is 2.16. The number of esters is 1. The lowest BCUT2D eigenvalue weighted by Gasteiger charge is -2.17. The van der Waals surface area contributed by atoms with Crippen LogP contribution in [0.4, 0.5) is 4.79 Å². The molecule has 3 aromatic carbocycles. The van der Waals surface area contributed by atoms with Gasteiger partial charge in [0.1, 0.15) is 25.0 Å². The van der Waals surface area contributed by atoms with Crippen LogP contribution in [0.3, 0.4) is 0 Å². The summed E-state index contributed by atoms with van der Waals surface area (Å²) in [7, 11) is 1.28. The van der Waals surface area contributed by atoms with Crippen molar-refractivity contribution in [3.63, 3.8) is 0 Å². The van der Waals surface area contributed by atoms with Gasteiger partial charge in [0.15, 0.2) is 0 Å². The Bertz CT molecular complexity index is 958. The first-order valence-corrected chi connectivity index (χ1v) is 9.95. The van der Waals surface area contributed by atoms with Gasteiger partial charge in [-0.3, -0.25) is 0 Å². The number of hydrogen-bond donors (Lipinski definition) is 1. The highest BCUT2D eigenvalue weighted by Gasteiger charge is 2.22. The molecule has 0 spiro atoms. The fourth-order valence-electron chi connectivity index (χ4n) is 2.94. The number of hydrogen-bond acceptors (Lipinski definition) is 5. The van der Waals surface area contributed by atoms with Crippen LogP contribution in [0.5, 0.6) is 5.75 Å². The van der Waals surface area contributed by atoms with Gasteiger partial charge >= 0.3 is 12.1 Å². The van der Waals surface area contributed by atoms with Crippen molar-refractivity contribution in [1.82, 2.24) is 5.32 Å². The molecule has 0 bridgehead atoms. The summed E-state index contributed by atoms with van der Waals surface area (Å²) in [6.45, 7) is 0.591. The van der Waals surface area contributed by atoms with E-state index in [4.69, 9.17) is 14.2 Å². The van der Waals surface area contributed by atoms with Crippen LogP contribution < -0.4 is 10.1 Å². The van der Waals surface area contributed by atoms with E-state index in [0.717, 1.165) is 22.4 Å². The van der Waals surface area contributed by atoms with Crippen LogP contribution in [0, 0.1) is 0 Å². The molecule has 0 aliphatic rings. The topological polar surface area (TPSA) is 73.9 Å². The first kappa shape index (κ1) is 21.9. The molecule has 1 atom stereocenters. The molecule has 3 aromatic rings. The Kier molecular flexibility index (Phi) is 8.05. The number of benzene rings is 3. The molecule has 6 nitrogen and oxygen atoms in total. The van der Waals surface area contributed by atoms with Crippen molar-refractivity contribution >= 4 is 12.1 Å². The minimum atomic E-state index is -0.857. The van der Waals surface area contributed by atoms with Crippen molar-refractivity contribution in [3.05, 3.63) is 102 Å². The number of methoxy groups -OCH3 is 1. The Balaban J connectivity index is 1.53. The molecule has 0 heterocycles. The average molecular weight is 419 g/mol. The summed E-state index contributed by atoms with van der Waals surface area (Å²) in [5.41, 5.74) is 2.79. The molecule has 3 rings (SSSR count). The second-order valence-electron chi connectivity index (χ2n) is 6.90. The van der Waals surface area contributed by atoms with Crippen molar-refractivity contribution in [3.8, 4) is 5.75 Å². The molecule has 31 heavy (non-hydrogen) atoms. The van der Waals surface area contributed by atoms with Crippen LogP contribution in [0.15, 0.2) is 84.9 Å². The molecule has 0 unspecified atom stereocenters. The van der Waals surface area contributed by atoms with Crippen molar-refractivity contribution in [2.45, 2.75) is 25.7 Å². The first-order valence-electron chi connectivity index (χ1n) is 9.95. The number of rotatable bonds is 9. The molecule has 0 aliphatic heterocycles. The summed E-state index contributed by atoms with van der Waals surface area (Å²) in [4.78, 5) is 24.3. The van der Waals surface area contributed by atoms with Gasteiger partial charge in [0.05, 0.1) is 7.11 Å². The van der Waals surface area contributed by atoms with Gasteiger partial charge < -0.3 is 19.5 Å². The number of ether oxygens (including phenoxy) is 3. The molecular weight excluding hydrogens is 394 g/mol. The Labute approximate surface area is 181 Å². The lowest BCUT2D eigenvalue weighted by Crippen LogP contribution is -2.43. The molecule has 0 fully saturated rings. The van der Waals surface area contributed by atoms with Crippen LogP contribution in [-0.2, 0) is 33.9 Å². The second kappa shape index (κ2) is 11.4. The van der Waals surface area contributed by atoms with Crippen molar-refractivity contribution in [1.29, 1.82) is 0 Å². The summed E-state index contributed by atoms with van der Waals surface area (Å²) >= 11 is 0. The number of carbonyl (C=O) groups excluding carboxylic acids is 2. The van der Waals surface area contributed by atoms with E-state index in [1.54, 1.807) is 0 Å². The molecule has 1 N–H and O–H groups in total. The lowest BCUT2D eigenvalue weighted by molar-refractivity contribution is -0.143. The maximum atomic E-state index is 12.2. The number of amides is 1. The summed E-state index contributed by atoms with van der Waals surface area (Å²) < 4.78 is 15.8. The van der Waals surface area contributed by atoms with E-state index in [2.05, 4.69) is 5.32 Å². The quantitative estimate of drug-likeness (QED) is 0.524. The number of carbonyl (C=O) groups is 2. The van der Waals surface area contributed by atoms with Crippen LogP contribution in [0.25, 0.3) is 0 Å². The third-order valence-corrected chi connectivity index (χ3v) is 4.60. The van der Waals surface area contributed by atoms with Crippen molar-refractivity contribution in [2.75, 3.05) is 7.11 Å². The Morgan fingerprint density at radius 2 is 1.35 bits per heavy atom. The van der Waals surface area contributed by atoms with Gasteiger partial charge in [0.2, 0.25) is 0 Å². The van der Waals surface area contributed by atoms with Gasteiger partial charge in [-0.15, -0.1) is 0 Å². The summed E-state index contributed by atoms with van der Waals surface area (Å²) in [5, 5.41) is 2.58. The van der Waals surface area contributed by atoms with Gasteiger partial charge in [-0.2, -0.15) is 0 Å². The van der Waals surface area contributed by atoms with Crippen LogP contribution >= 0.6 is 0 Å². The number of nitrogens with one attached hydrogen (secondary N) is 1. The Morgan fingerprint density at radius 1 is 0.774 bits per heavy atom. The smallest absolute Gasteiger partial charge is 0.408 e. The number of alkyl carbamates (subject to hydrolysis) is 1. The van der Waals surface area contributed by atoms with E-state index < -0.39 is 18.1 Å². The minimum Gasteiger partial charge on any atom is -0.489 e. The maximum Gasteiger partial charge on any atom is 0.408 e. The van der Waals surface area contributed by atoms with Crippen LogP contribution in [0.2, 0.25) is 0 Å².